The van der Waals surface area contributed by atoms with E-state index in [1.165, 1.54) is 0 Å². The van der Waals surface area contributed by atoms with Gasteiger partial charge < -0.3 is 14.2 Å². The molecule has 0 aliphatic carbocycles. The van der Waals surface area contributed by atoms with Crippen molar-refractivity contribution >= 4 is 11.9 Å². The minimum atomic E-state index is -0.684. The third kappa shape index (κ3) is 6.37. The van der Waals surface area contributed by atoms with Gasteiger partial charge in [0.05, 0.1) is 25.2 Å². The second kappa shape index (κ2) is 9.75. The van der Waals surface area contributed by atoms with Crippen LogP contribution in [0.3, 0.4) is 0 Å². The van der Waals surface area contributed by atoms with E-state index < -0.39 is 11.4 Å². The number of rotatable bonds is 10. The van der Waals surface area contributed by atoms with E-state index in [9.17, 15) is 9.59 Å². The normalized spacial score (nSPS) is 13.9. The lowest BCUT2D eigenvalue weighted by molar-refractivity contribution is -0.165. The molecule has 0 N–H and O–H groups in total. The van der Waals surface area contributed by atoms with Crippen molar-refractivity contribution in [1.82, 2.24) is 0 Å². The van der Waals surface area contributed by atoms with Gasteiger partial charge in [-0.1, -0.05) is 20.8 Å². The van der Waals surface area contributed by atoms with E-state index in [1.54, 1.807) is 13.8 Å². The van der Waals surface area contributed by atoms with Gasteiger partial charge in [0.1, 0.15) is 6.61 Å². The van der Waals surface area contributed by atoms with Crippen molar-refractivity contribution < 1.29 is 23.8 Å². The van der Waals surface area contributed by atoms with Gasteiger partial charge in [-0.15, -0.1) is 0 Å². The molecule has 0 heterocycles. The van der Waals surface area contributed by atoms with Crippen LogP contribution in [0, 0.1) is 11.3 Å². The summed E-state index contributed by atoms with van der Waals surface area (Å²) in [4.78, 5) is 23.5. The smallest absolute Gasteiger partial charge is 0.332 e. The number of esters is 2. The summed E-state index contributed by atoms with van der Waals surface area (Å²) in [6, 6.07) is 0. The second-order valence-electron chi connectivity index (χ2n) is 5.25. The molecule has 0 radical (unpaired) electrons. The maximum atomic E-state index is 12.2. The average Bonchev–Trinajstić information content (AvgIpc) is 2.37. The van der Waals surface area contributed by atoms with Crippen LogP contribution in [0.5, 0.6) is 0 Å². The largest absolute Gasteiger partial charge is 0.465 e. The van der Waals surface area contributed by atoms with E-state index in [2.05, 4.69) is 13.8 Å². The zero-order chi connectivity index (χ0) is 15.6. The second-order valence-corrected chi connectivity index (χ2v) is 5.25. The fraction of sp³-hybridized carbons (Fsp3) is 0.867. The van der Waals surface area contributed by atoms with Gasteiger partial charge in [-0.25, -0.2) is 4.79 Å². The first kappa shape index (κ1) is 18.9. The lowest BCUT2D eigenvalue weighted by atomic mass is 9.78. The molecule has 0 aliphatic rings. The van der Waals surface area contributed by atoms with Crippen LogP contribution in [0.1, 0.15) is 47.5 Å². The van der Waals surface area contributed by atoms with E-state index in [-0.39, 0.29) is 19.2 Å². The van der Waals surface area contributed by atoms with Crippen LogP contribution >= 0.6 is 0 Å². The summed E-state index contributed by atoms with van der Waals surface area (Å²) in [5.41, 5.74) is -0.684. The molecule has 118 valence electrons. The molecule has 0 bridgehead atoms. The van der Waals surface area contributed by atoms with Crippen molar-refractivity contribution in [2.45, 2.75) is 47.5 Å². The monoisotopic (exact) mass is 288 g/mol. The van der Waals surface area contributed by atoms with Gasteiger partial charge in [0, 0.05) is 0 Å². The summed E-state index contributed by atoms with van der Waals surface area (Å²) in [5, 5.41) is 0. The summed E-state index contributed by atoms with van der Waals surface area (Å²) >= 11 is 0. The van der Waals surface area contributed by atoms with Crippen LogP contribution in [0.25, 0.3) is 0 Å². The van der Waals surface area contributed by atoms with Crippen LogP contribution in [-0.2, 0) is 23.8 Å². The molecule has 1 atom stereocenters. The Morgan fingerprint density at radius 3 is 2.10 bits per heavy atom. The SMILES string of the molecule is CCOC(=O)COCC(CC)(CC(C)C)C(=O)OCC. The Hall–Kier alpha value is -1.10. The molecule has 0 aromatic rings. The average molecular weight is 288 g/mol. The summed E-state index contributed by atoms with van der Waals surface area (Å²) in [7, 11) is 0. The highest BCUT2D eigenvalue weighted by atomic mass is 16.6. The Balaban J connectivity index is 4.66. The van der Waals surface area contributed by atoms with Crippen LogP contribution in [0.4, 0.5) is 0 Å². The number of hydrogen-bond acceptors (Lipinski definition) is 5. The van der Waals surface area contributed by atoms with E-state index in [1.807, 2.05) is 6.92 Å². The predicted molar refractivity (Wildman–Crippen MR) is 76.3 cm³/mol. The summed E-state index contributed by atoms with van der Waals surface area (Å²) in [6.45, 7) is 10.3. The lowest BCUT2D eigenvalue weighted by Crippen LogP contribution is -2.39. The molecular formula is C15H28O5. The molecule has 0 rings (SSSR count). The third-order valence-electron chi connectivity index (χ3n) is 3.09. The first-order valence-electron chi connectivity index (χ1n) is 7.32. The highest BCUT2D eigenvalue weighted by Crippen LogP contribution is 2.32. The summed E-state index contributed by atoms with van der Waals surface area (Å²) < 4.78 is 15.4. The standard InChI is InChI=1S/C15H28O5/c1-6-15(9-12(4)5,14(17)20-8-3)11-18-10-13(16)19-7-2/h12H,6-11H2,1-5H3. The maximum Gasteiger partial charge on any atom is 0.332 e. The molecule has 0 aliphatic heterocycles. The van der Waals surface area contributed by atoms with Gasteiger partial charge in [0.2, 0.25) is 0 Å². The van der Waals surface area contributed by atoms with Gasteiger partial charge in [-0.2, -0.15) is 0 Å². The Kier molecular flexibility index (Phi) is 9.21. The van der Waals surface area contributed by atoms with Gasteiger partial charge >= 0.3 is 11.9 Å². The summed E-state index contributed by atoms with van der Waals surface area (Å²) in [5.74, 6) is -0.323. The lowest BCUT2D eigenvalue weighted by Gasteiger charge is -2.31. The molecule has 0 spiro atoms. The highest BCUT2D eigenvalue weighted by molar-refractivity contribution is 5.77. The van der Waals surface area contributed by atoms with Gasteiger partial charge in [0.25, 0.3) is 0 Å². The predicted octanol–water partition coefficient (Wildman–Crippen LogP) is 2.57. The third-order valence-corrected chi connectivity index (χ3v) is 3.09. The van der Waals surface area contributed by atoms with E-state index >= 15 is 0 Å². The minimum Gasteiger partial charge on any atom is -0.465 e. The van der Waals surface area contributed by atoms with Crippen molar-refractivity contribution in [2.24, 2.45) is 11.3 Å². The van der Waals surface area contributed by atoms with Crippen LogP contribution in [0.2, 0.25) is 0 Å². The zero-order valence-electron chi connectivity index (χ0n) is 13.4. The highest BCUT2D eigenvalue weighted by Gasteiger charge is 2.39. The molecule has 0 fully saturated rings. The Bertz CT molecular complexity index is 301. The molecule has 0 saturated heterocycles. The van der Waals surface area contributed by atoms with Crippen LogP contribution in [0.15, 0.2) is 0 Å². The number of carbonyl (C=O) groups excluding carboxylic acids is 2. The van der Waals surface area contributed by atoms with Crippen molar-refractivity contribution in [3.63, 3.8) is 0 Å². The van der Waals surface area contributed by atoms with Crippen LogP contribution in [-0.4, -0.2) is 38.4 Å². The van der Waals surface area contributed by atoms with Crippen molar-refractivity contribution in [1.29, 1.82) is 0 Å². The first-order chi connectivity index (χ1) is 9.41. The first-order valence-corrected chi connectivity index (χ1v) is 7.32. The van der Waals surface area contributed by atoms with Gasteiger partial charge in [-0.05, 0) is 32.6 Å². The molecule has 5 nitrogen and oxygen atoms in total. The Morgan fingerprint density at radius 2 is 1.65 bits per heavy atom. The maximum absolute atomic E-state index is 12.2. The fourth-order valence-electron chi connectivity index (χ4n) is 2.19. The van der Waals surface area contributed by atoms with Crippen molar-refractivity contribution in [2.75, 3.05) is 26.4 Å². The molecule has 0 aromatic carbocycles. The molecule has 0 amide bonds. The molecule has 0 saturated carbocycles. The van der Waals surface area contributed by atoms with Crippen LogP contribution < -0.4 is 0 Å². The molecule has 1 unspecified atom stereocenters. The fourth-order valence-corrected chi connectivity index (χ4v) is 2.19. The summed E-state index contributed by atoms with van der Waals surface area (Å²) in [6.07, 6.45) is 1.29. The van der Waals surface area contributed by atoms with E-state index in [0.29, 0.717) is 32.0 Å². The number of hydrogen-bond donors (Lipinski definition) is 0. The topological polar surface area (TPSA) is 61.8 Å². The number of ether oxygens (including phenoxy) is 3. The molecule has 0 aromatic heterocycles. The quantitative estimate of drug-likeness (QED) is 0.578. The van der Waals surface area contributed by atoms with Crippen molar-refractivity contribution in [3.8, 4) is 0 Å². The van der Waals surface area contributed by atoms with E-state index in [4.69, 9.17) is 14.2 Å². The van der Waals surface area contributed by atoms with Crippen molar-refractivity contribution in [3.05, 3.63) is 0 Å². The molecule has 20 heavy (non-hydrogen) atoms. The molecular weight excluding hydrogens is 260 g/mol. The van der Waals surface area contributed by atoms with Gasteiger partial charge in [-0.3, -0.25) is 4.79 Å². The Labute approximate surface area is 122 Å². The molecule has 5 heteroatoms. The van der Waals surface area contributed by atoms with E-state index in [0.717, 1.165) is 0 Å². The number of carbonyl (C=O) groups is 2. The minimum absolute atomic E-state index is 0.132. The van der Waals surface area contributed by atoms with Gasteiger partial charge in [0.15, 0.2) is 0 Å². The Morgan fingerprint density at radius 1 is 1.05 bits per heavy atom. The zero-order valence-corrected chi connectivity index (χ0v) is 13.4.